The smallest absolute Gasteiger partial charge is 0.319 e. The maximum Gasteiger partial charge on any atom is 0.319 e. The molecule has 120 valence electrons. The van der Waals surface area contributed by atoms with E-state index in [1.54, 1.807) is 25.4 Å². The van der Waals surface area contributed by atoms with Gasteiger partial charge in [0.25, 0.3) is 5.56 Å². The van der Waals surface area contributed by atoms with Crippen molar-refractivity contribution in [2.75, 3.05) is 11.9 Å². The van der Waals surface area contributed by atoms with Crippen LogP contribution in [0.4, 0.5) is 10.5 Å². The van der Waals surface area contributed by atoms with E-state index in [4.69, 9.17) is 4.74 Å². The number of hydrogen-bond acceptors (Lipinski definition) is 3. The van der Waals surface area contributed by atoms with Crippen LogP contribution in [0.5, 0.6) is 5.75 Å². The lowest BCUT2D eigenvalue weighted by molar-refractivity contribution is 0.244. The van der Waals surface area contributed by atoms with Crippen molar-refractivity contribution in [2.24, 2.45) is 7.05 Å². The molecular weight excluding hydrogens is 294 g/mol. The Hall–Kier alpha value is -2.76. The molecule has 3 rings (SSSR count). The molecule has 2 N–H and O–H groups in total. The van der Waals surface area contributed by atoms with E-state index in [-0.39, 0.29) is 23.2 Å². The number of para-hydroxylation sites is 1. The Morgan fingerprint density at radius 2 is 2.09 bits per heavy atom. The molecule has 23 heavy (non-hydrogen) atoms. The highest BCUT2D eigenvalue weighted by Gasteiger charge is 2.29. The number of rotatable bonds is 3. The van der Waals surface area contributed by atoms with Crippen LogP contribution >= 0.6 is 0 Å². The number of hydrogen-bond donors (Lipinski definition) is 2. The molecule has 0 fully saturated rings. The molecule has 6 nitrogen and oxygen atoms in total. The second-order valence-electron chi connectivity index (χ2n) is 5.68. The normalized spacial score (nSPS) is 17.0. The predicted molar refractivity (Wildman–Crippen MR) is 88.0 cm³/mol. The van der Waals surface area contributed by atoms with Crippen LogP contribution < -0.4 is 20.9 Å². The van der Waals surface area contributed by atoms with Crippen molar-refractivity contribution in [3.05, 3.63) is 58.5 Å². The largest absolute Gasteiger partial charge is 0.493 e. The van der Waals surface area contributed by atoms with E-state index >= 15 is 0 Å². The molecule has 1 aromatic heterocycles. The Kier molecular flexibility index (Phi) is 4.06. The average Bonchev–Trinajstić information content (AvgIpc) is 2.96. The number of amides is 2. The van der Waals surface area contributed by atoms with Gasteiger partial charge in [0.2, 0.25) is 0 Å². The molecule has 1 aromatic carbocycles. The van der Waals surface area contributed by atoms with Crippen LogP contribution in [0.15, 0.2) is 47.4 Å². The lowest BCUT2D eigenvalue weighted by atomic mass is 9.94. The molecule has 0 radical (unpaired) electrons. The van der Waals surface area contributed by atoms with Gasteiger partial charge < -0.3 is 19.9 Å². The van der Waals surface area contributed by atoms with Gasteiger partial charge in [-0.2, -0.15) is 0 Å². The highest BCUT2D eigenvalue weighted by atomic mass is 16.5. The second kappa shape index (κ2) is 6.16. The van der Waals surface area contributed by atoms with E-state index in [9.17, 15) is 9.59 Å². The first-order valence-electron chi connectivity index (χ1n) is 7.51. The summed E-state index contributed by atoms with van der Waals surface area (Å²) in [5, 5.41) is 5.48. The van der Waals surface area contributed by atoms with E-state index in [2.05, 4.69) is 10.6 Å². The summed E-state index contributed by atoms with van der Waals surface area (Å²) in [7, 11) is 1.64. The Labute approximate surface area is 134 Å². The summed E-state index contributed by atoms with van der Waals surface area (Å²) in [6, 6.07) is 10.6. The van der Waals surface area contributed by atoms with Crippen molar-refractivity contribution in [3.8, 4) is 5.75 Å². The van der Waals surface area contributed by atoms with Gasteiger partial charge in [0.05, 0.1) is 6.61 Å². The minimum atomic E-state index is -0.398. The average molecular weight is 313 g/mol. The molecule has 0 aliphatic carbocycles. The summed E-state index contributed by atoms with van der Waals surface area (Å²) in [5.41, 5.74) is 1.10. The number of carbonyl (C=O) groups excluding carboxylic acids is 1. The lowest BCUT2D eigenvalue weighted by Crippen LogP contribution is -2.41. The van der Waals surface area contributed by atoms with Crippen LogP contribution in [0.2, 0.25) is 0 Å². The second-order valence-corrected chi connectivity index (χ2v) is 5.68. The van der Waals surface area contributed by atoms with Gasteiger partial charge in [0.1, 0.15) is 11.4 Å². The number of urea groups is 1. The van der Waals surface area contributed by atoms with Crippen LogP contribution in [0.3, 0.4) is 0 Å². The van der Waals surface area contributed by atoms with Crippen molar-refractivity contribution in [3.63, 3.8) is 0 Å². The Morgan fingerprint density at radius 3 is 2.91 bits per heavy atom. The summed E-state index contributed by atoms with van der Waals surface area (Å²) in [6.45, 7) is 2.46. The zero-order valence-electron chi connectivity index (χ0n) is 13.1. The van der Waals surface area contributed by atoms with Crippen LogP contribution in [0.1, 0.15) is 18.4 Å². The molecule has 2 heterocycles. The Bertz CT molecular complexity index is 785. The van der Waals surface area contributed by atoms with Gasteiger partial charge in [-0.25, -0.2) is 4.79 Å². The summed E-state index contributed by atoms with van der Waals surface area (Å²) in [5.74, 6) is 0.957. The standard InChI is InChI=1S/C17H19N3O3/c1-11(13-10-23-15-8-4-3-6-12(13)15)18-17(22)19-14-7-5-9-20(2)16(14)21/h3-9,11,13H,10H2,1-2H3,(H2,18,19,22)/t11-,13-/m0/s1. The fraction of sp³-hybridized carbons (Fsp3) is 0.294. The Morgan fingerprint density at radius 1 is 1.30 bits per heavy atom. The third-order valence-electron chi connectivity index (χ3n) is 4.07. The van der Waals surface area contributed by atoms with Crippen molar-refractivity contribution in [1.29, 1.82) is 0 Å². The first-order chi connectivity index (χ1) is 11.1. The maximum atomic E-state index is 12.1. The van der Waals surface area contributed by atoms with E-state index < -0.39 is 6.03 Å². The Balaban J connectivity index is 1.67. The van der Waals surface area contributed by atoms with Gasteiger partial charge in [0.15, 0.2) is 0 Å². The number of ether oxygens (including phenoxy) is 1. The molecule has 0 spiro atoms. The van der Waals surface area contributed by atoms with Gasteiger partial charge in [-0.1, -0.05) is 18.2 Å². The van der Waals surface area contributed by atoms with E-state index in [0.29, 0.717) is 6.61 Å². The van der Waals surface area contributed by atoms with Gasteiger partial charge >= 0.3 is 6.03 Å². The summed E-state index contributed by atoms with van der Waals surface area (Å²) in [4.78, 5) is 24.1. The minimum absolute atomic E-state index is 0.0931. The number of carbonyl (C=O) groups is 1. The van der Waals surface area contributed by atoms with Gasteiger partial charge in [-0.15, -0.1) is 0 Å². The number of fused-ring (bicyclic) bond motifs is 1. The molecule has 6 heteroatoms. The molecule has 0 unspecified atom stereocenters. The molecule has 1 aliphatic rings. The molecule has 1 aliphatic heterocycles. The molecule has 0 saturated heterocycles. The van der Waals surface area contributed by atoms with E-state index in [1.165, 1.54) is 4.57 Å². The number of anilines is 1. The van der Waals surface area contributed by atoms with Gasteiger partial charge in [-0.05, 0) is 25.1 Å². The molecule has 0 saturated carbocycles. The summed E-state index contributed by atoms with van der Waals surface area (Å²) < 4.78 is 7.06. The highest BCUT2D eigenvalue weighted by Crippen LogP contribution is 2.35. The number of aromatic nitrogens is 1. The molecule has 2 amide bonds. The maximum absolute atomic E-state index is 12.1. The SMILES string of the molecule is C[C@H](NC(=O)Nc1cccn(C)c1=O)[C@@H]1COc2ccccc21. The van der Waals surface area contributed by atoms with Crippen LogP contribution in [0, 0.1) is 0 Å². The quantitative estimate of drug-likeness (QED) is 0.911. The number of pyridine rings is 1. The number of aryl methyl sites for hydroxylation is 1. The molecule has 0 bridgehead atoms. The molecular formula is C17H19N3O3. The third kappa shape index (κ3) is 3.06. The molecule has 2 aromatic rings. The summed E-state index contributed by atoms with van der Waals surface area (Å²) in [6.07, 6.45) is 1.64. The van der Waals surface area contributed by atoms with Crippen molar-refractivity contribution < 1.29 is 9.53 Å². The van der Waals surface area contributed by atoms with Gasteiger partial charge in [-0.3, -0.25) is 4.79 Å². The van der Waals surface area contributed by atoms with Crippen molar-refractivity contribution in [2.45, 2.75) is 18.9 Å². The first kappa shape index (κ1) is 15.1. The zero-order chi connectivity index (χ0) is 16.4. The number of nitrogens with one attached hydrogen (secondary N) is 2. The minimum Gasteiger partial charge on any atom is -0.493 e. The highest BCUT2D eigenvalue weighted by molar-refractivity contribution is 5.89. The number of benzene rings is 1. The monoisotopic (exact) mass is 313 g/mol. The fourth-order valence-corrected chi connectivity index (χ4v) is 2.76. The van der Waals surface area contributed by atoms with Gasteiger partial charge in [0, 0.05) is 30.8 Å². The van der Waals surface area contributed by atoms with E-state index in [0.717, 1.165) is 11.3 Å². The third-order valence-corrected chi connectivity index (χ3v) is 4.07. The molecule has 2 atom stereocenters. The topological polar surface area (TPSA) is 72.4 Å². The van der Waals surface area contributed by atoms with Crippen LogP contribution in [-0.2, 0) is 7.05 Å². The zero-order valence-corrected chi connectivity index (χ0v) is 13.1. The van der Waals surface area contributed by atoms with Crippen molar-refractivity contribution >= 4 is 11.7 Å². The predicted octanol–water partition coefficient (Wildman–Crippen LogP) is 2.07. The van der Waals surface area contributed by atoms with Crippen molar-refractivity contribution in [1.82, 2.24) is 9.88 Å². The summed E-state index contributed by atoms with van der Waals surface area (Å²) >= 11 is 0. The first-order valence-corrected chi connectivity index (χ1v) is 7.51. The number of nitrogens with zero attached hydrogens (tertiary/aromatic N) is 1. The van der Waals surface area contributed by atoms with E-state index in [1.807, 2.05) is 31.2 Å². The lowest BCUT2D eigenvalue weighted by Gasteiger charge is -2.20. The van der Waals surface area contributed by atoms with Crippen LogP contribution in [-0.4, -0.2) is 23.2 Å². The fourth-order valence-electron chi connectivity index (χ4n) is 2.76. The van der Waals surface area contributed by atoms with Crippen LogP contribution in [0.25, 0.3) is 0 Å².